The minimum Gasteiger partial charge on any atom is -0.506 e. The highest BCUT2D eigenvalue weighted by Crippen LogP contribution is 2.35. The molecule has 1 fully saturated rings. The van der Waals surface area contributed by atoms with Crippen LogP contribution >= 0.6 is 11.6 Å². The van der Waals surface area contributed by atoms with E-state index in [1.165, 1.54) is 24.3 Å². The summed E-state index contributed by atoms with van der Waals surface area (Å²) in [7, 11) is -3.93. The summed E-state index contributed by atoms with van der Waals surface area (Å²) >= 11 is 6.29. The molecule has 3 N–H and O–H groups in total. The van der Waals surface area contributed by atoms with Crippen molar-refractivity contribution in [2.24, 2.45) is 5.92 Å². The van der Waals surface area contributed by atoms with Crippen molar-refractivity contribution >= 4 is 44.6 Å². The molecule has 178 valence electrons. The zero-order valence-corrected chi connectivity index (χ0v) is 20.3. The molecule has 33 heavy (non-hydrogen) atoms. The fourth-order valence-electron chi connectivity index (χ4n) is 4.07. The van der Waals surface area contributed by atoms with Crippen molar-refractivity contribution in [1.29, 1.82) is 0 Å². The predicted octanol–water partition coefficient (Wildman–Crippen LogP) is 5.06. The Bertz CT molecular complexity index is 1140. The lowest BCUT2D eigenvalue weighted by Gasteiger charge is -2.21. The number of aromatic hydroxyl groups is 1. The summed E-state index contributed by atoms with van der Waals surface area (Å²) in [5, 5.41) is 14.4. The summed E-state index contributed by atoms with van der Waals surface area (Å²) in [6.45, 7) is 3.39. The maximum atomic E-state index is 13.0. The number of aryl methyl sites for hydroxylation is 1. The third-order valence-corrected chi connectivity index (χ3v) is 8.45. The molecular formula is C24H29ClN2O5S. The molecule has 9 heteroatoms. The van der Waals surface area contributed by atoms with Gasteiger partial charge in [-0.05, 0) is 49.9 Å². The normalized spacial score (nSPS) is 15.6. The third kappa shape index (κ3) is 5.86. The topological polar surface area (TPSA) is 113 Å². The first-order valence-electron chi connectivity index (χ1n) is 11.1. The number of hydrogen-bond acceptors (Lipinski definition) is 5. The van der Waals surface area contributed by atoms with E-state index in [-0.39, 0.29) is 45.3 Å². The van der Waals surface area contributed by atoms with E-state index in [1.54, 1.807) is 26.0 Å². The largest absolute Gasteiger partial charge is 0.506 e. The number of nitrogens with one attached hydrogen (secondary N) is 2. The fourth-order valence-corrected chi connectivity index (χ4v) is 6.01. The van der Waals surface area contributed by atoms with Gasteiger partial charge in [0, 0.05) is 12.0 Å². The van der Waals surface area contributed by atoms with Crippen LogP contribution in [0.15, 0.2) is 41.3 Å². The molecule has 1 saturated carbocycles. The molecule has 0 aliphatic heterocycles. The Morgan fingerprint density at radius 2 is 1.79 bits per heavy atom. The second-order valence-electron chi connectivity index (χ2n) is 8.42. The number of hydrogen-bond donors (Lipinski definition) is 3. The first kappa shape index (κ1) is 25.1. The molecule has 2 amide bonds. The Kier molecular flexibility index (Phi) is 8.02. The molecule has 1 unspecified atom stereocenters. The maximum absolute atomic E-state index is 13.0. The van der Waals surface area contributed by atoms with Gasteiger partial charge in [-0.3, -0.25) is 9.59 Å². The van der Waals surface area contributed by atoms with Gasteiger partial charge in [0.1, 0.15) is 11.0 Å². The molecule has 0 heterocycles. The third-order valence-electron chi connectivity index (χ3n) is 5.93. The van der Waals surface area contributed by atoms with E-state index in [1.807, 2.05) is 0 Å². The van der Waals surface area contributed by atoms with Gasteiger partial charge in [0.15, 0.2) is 9.84 Å². The number of sulfone groups is 1. The molecule has 0 aromatic heterocycles. The SMILES string of the molecule is CCC(C(=O)Nc1cc(O)c(NC(=O)C2CCCCC2)cc1Cl)S(=O)(=O)c1cccc(C)c1. The molecule has 0 bridgehead atoms. The smallest absolute Gasteiger partial charge is 0.243 e. The Balaban J connectivity index is 1.77. The molecule has 0 spiro atoms. The number of phenols is 1. The highest BCUT2D eigenvalue weighted by molar-refractivity contribution is 7.92. The van der Waals surface area contributed by atoms with E-state index in [0.717, 1.165) is 37.7 Å². The van der Waals surface area contributed by atoms with Crippen LogP contribution in [0, 0.1) is 12.8 Å². The summed E-state index contributed by atoms with van der Waals surface area (Å²) < 4.78 is 26.1. The van der Waals surface area contributed by atoms with Crippen LogP contribution < -0.4 is 10.6 Å². The van der Waals surface area contributed by atoms with Gasteiger partial charge in [-0.25, -0.2) is 8.42 Å². The van der Waals surface area contributed by atoms with Crippen molar-refractivity contribution in [2.45, 2.75) is 62.5 Å². The van der Waals surface area contributed by atoms with E-state index in [9.17, 15) is 23.1 Å². The van der Waals surface area contributed by atoms with Gasteiger partial charge in [-0.1, -0.05) is 49.9 Å². The number of rotatable bonds is 7. The van der Waals surface area contributed by atoms with Crippen molar-refractivity contribution in [3.05, 3.63) is 47.0 Å². The van der Waals surface area contributed by atoms with Gasteiger partial charge in [0.2, 0.25) is 11.8 Å². The van der Waals surface area contributed by atoms with E-state index >= 15 is 0 Å². The van der Waals surface area contributed by atoms with E-state index in [4.69, 9.17) is 11.6 Å². The zero-order valence-electron chi connectivity index (χ0n) is 18.7. The van der Waals surface area contributed by atoms with E-state index in [2.05, 4.69) is 10.6 Å². The van der Waals surface area contributed by atoms with Crippen LogP contribution in [-0.4, -0.2) is 30.6 Å². The molecule has 1 aliphatic carbocycles. The molecule has 2 aromatic carbocycles. The first-order valence-corrected chi connectivity index (χ1v) is 13.0. The van der Waals surface area contributed by atoms with Crippen molar-refractivity contribution in [3.8, 4) is 5.75 Å². The zero-order chi connectivity index (χ0) is 24.2. The lowest BCUT2D eigenvalue weighted by atomic mass is 9.88. The van der Waals surface area contributed by atoms with Gasteiger partial charge >= 0.3 is 0 Å². The van der Waals surface area contributed by atoms with Crippen LogP contribution in [0.3, 0.4) is 0 Å². The predicted molar refractivity (Wildman–Crippen MR) is 129 cm³/mol. The summed E-state index contributed by atoms with van der Waals surface area (Å²) in [6, 6.07) is 8.94. The monoisotopic (exact) mass is 492 g/mol. The Labute approximate surface area is 199 Å². The van der Waals surface area contributed by atoms with Crippen LogP contribution in [0.4, 0.5) is 11.4 Å². The van der Waals surface area contributed by atoms with Crippen LogP contribution in [0.5, 0.6) is 5.75 Å². The maximum Gasteiger partial charge on any atom is 0.243 e. The molecule has 7 nitrogen and oxygen atoms in total. The molecule has 1 aliphatic rings. The molecule has 0 radical (unpaired) electrons. The summed E-state index contributed by atoms with van der Waals surface area (Å²) in [6.07, 6.45) is 4.79. The number of anilines is 2. The van der Waals surface area contributed by atoms with Crippen LogP contribution in [0.1, 0.15) is 51.0 Å². The molecular weight excluding hydrogens is 464 g/mol. The van der Waals surface area contributed by atoms with Crippen molar-refractivity contribution in [2.75, 3.05) is 10.6 Å². The minimum atomic E-state index is -3.93. The van der Waals surface area contributed by atoms with E-state index < -0.39 is 21.0 Å². The number of carbonyl (C=O) groups is 2. The highest BCUT2D eigenvalue weighted by Gasteiger charge is 2.33. The number of benzene rings is 2. The van der Waals surface area contributed by atoms with Crippen LogP contribution in [0.25, 0.3) is 0 Å². The average Bonchev–Trinajstić information content (AvgIpc) is 2.78. The average molecular weight is 493 g/mol. The summed E-state index contributed by atoms with van der Waals surface area (Å²) in [5.74, 6) is -1.30. The van der Waals surface area contributed by atoms with Gasteiger partial charge in [-0.2, -0.15) is 0 Å². The second-order valence-corrected chi connectivity index (χ2v) is 11.0. The number of carbonyl (C=O) groups excluding carboxylic acids is 2. The quantitative estimate of drug-likeness (QED) is 0.467. The van der Waals surface area contributed by atoms with Crippen molar-refractivity contribution in [1.82, 2.24) is 0 Å². The fraction of sp³-hybridized carbons (Fsp3) is 0.417. The van der Waals surface area contributed by atoms with Crippen LogP contribution in [0.2, 0.25) is 5.02 Å². The van der Waals surface area contributed by atoms with Gasteiger partial charge in [0.25, 0.3) is 0 Å². The molecule has 3 rings (SSSR count). The lowest BCUT2D eigenvalue weighted by Crippen LogP contribution is -2.34. The number of phenolic OH excluding ortho intramolecular Hbond substituents is 1. The first-order chi connectivity index (χ1) is 15.6. The molecule has 1 atom stereocenters. The number of halogens is 1. The molecule has 2 aromatic rings. The van der Waals surface area contributed by atoms with Gasteiger partial charge < -0.3 is 15.7 Å². The summed E-state index contributed by atoms with van der Waals surface area (Å²) in [4.78, 5) is 25.4. The Morgan fingerprint density at radius 3 is 2.42 bits per heavy atom. The summed E-state index contributed by atoms with van der Waals surface area (Å²) in [5.41, 5.74) is 0.978. The van der Waals surface area contributed by atoms with Gasteiger partial charge in [-0.15, -0.1) is 0 Å². The van der Waals surface area contributed by atoms with Crippen LogP contribution in [-0.2, 0) is 19.4 Å². The standard InChI is InChI=1S/C24H29ClN2O5S/c1-3-22(33(31,32)17-11-7-8-15(2)12-17)24(30)26-19-14-21(28)20(13-18(19)25)27-23(29)16-9-5-4-6-10-16/h7-8,11-14,16,22,28H,3-6,9-10H2,1-2H3,(H,26,30)(H,27,29). The Morgan fingerprint density at radius 1 is 1.09 bits per heavy atom. The Hall–Kier alpha value is -2.58. The van der Waals surface area contributed by atoms with Crippen molar-refractivity contribution < 1.29 is 23.1 Å². The number of amides is 2. The van der Waals surface area contributed by atoms with E-state index in [0.29, 0.717) is 0 Å². The molecule has 0 saturated heterocycles. The van der Waals surface area contributed by atoms with Crippen molar-refractivity contribution in [3.63, 3.8) is 0 Å². The highest BCUT2D eigenvalue weighted by atomic mass is 35.5. The van der Waals surface area contributed by atoms with Gasteiger partial charge in [0.05, 0.1) is 21.3 Å². The second kappa shape index (κ2) is 10.6. The minimum absolute atomic E-state index is 0.0568. The lowest BCUT2D eigenvalue weighted by molar-refractivity contribution is -0.120.